The normalized spacial score (nSPS) is 11.8. The Labute approximate surface area is 127 Å². The highest BCUT2D eigenvalue weighted by Crippen LogP contribution is 2.15. The van der Waals surface area contributed by atoms with Crippen molar-refractivity contribution in [3.63, 3.8) is 0 Å². The number of aromatic nitrogens is 2. The van der Waals surface area contributed by atoms with Gasteiger partial charge in [0.25, 0.3) is 0 Å². The average molecular weight is 286 g/mol. The first-order valence-electron chi connectivity index (χ1n) is 7.72. The Bertz CT molecular complexity index is 584. The highest BCUT2D eigenvalue weighted by atomic mass is 15.2. The van der Waals surface area contributed by atoms with Gasteiger partial charge in [0.1, 0.15) is 5.82 Å². The molecule has 4 heteroatoms. The molecule has 0 radical (unpaired) electrons. The molecule has 0 saturated heterocycles. The monoisotopic (exact) mass is 286 g/mol. The van der Waals surface area contributed by atoms with Crippen molar-refractivity contribution in [2.45, 2.75) is 46.7 Å². The molecule has 0 spiro atoms. The molecule has 0 aliphatic heterocycles. The van der Waals surface area contributed by atoms with E-state index in [1.54, 1.807) is 0 Å². The molecule has 2 rings (SSSR count). The first-order valence-corrected chi connectivity index (χ1v) is 7.72. The number of nitrogens with zero attached hydrogens (tertiary/aromatic N) is 3. The minimum absolute atomic E-state index is 0.551. The summed E-state index contributed by atoms with van der Waals surface area (Å²) in [6, 6.07) is 9.09. The highest BCUT2D eigenvalue weighted by Gasteiger charge is 2.13. The highest BCUT2D eigenvalue weighted by molar-refractivity contribution is 5.76. The standard InChI is InChI=1S/C17H26N4/c1-12(2)21(13(3)4)11-10-18-17-14(5)19-15-8-6-7-9-16(15)20-17/h6-9,12-13H,10-11H2,1-5H3,(H,18,20). The maximum Gasteiger partial charge on any atom is 0.148 e. The summed E-state index contributed by atoms with van der Waals surface area (Å²) in [5, 5.41) is 3.43. The molecule has 4 nitrogen and oxygen atoms in total. The van der Waals surface area contributed by atoms with Gasteiger partial charge in [-0.05, 0) is 46.8 Å². The Morgan fingerprint density at radius 1 is 1.00 bits per heavy atom. The minimum atomic E-state index is 0.551. The summed E-state index contributed by atoms with van der Waals surface area (Å²) in [7, 11) is 0. The van der Waals surface area contributed by atoms with Crippen LogP contribution in [0.4, 0.5) is 5.82 Å². The minimum Gasteiger partial charge on any atom is -0.367 e. The van der Waals surface area contributed by atoms with Crippen molar-refractivity contribution in [3.05, 3.63) is 30.0 Å². The maximum atomic E-state index is 4.67. The predicted molar refractivity (Wildman–Crippen MR) is 89.7 cm³/mol. The number of benzene rings is 1. The van der Waals surface area contributed by atoms with Crippen molar-refractivity contribution < 1.29 is 0 Å². The molecule has 0 saturated carbocycles. The number of anilines is 1. The van der Waals surface area contributed by atoms with Crippen LogP contribution in [0, 0.1) is 6.92 Å². The van der Waals surface area contributed by atoms with Gasteiger partial charge in [-0.3, -0.25) is 4.90 Å². The van der Waals surface area contributed by atoms with Gasteiger partial charge in [-0.25, -0.2) is 9.97 Å². The maximum absolute atomic E-state index is 4.67. The van der Waals surface area contributed by atoms with Crippen LogP contribution in [0.3, 0.4) is 0 Å². The molecule has 0 amide bonds. The van der Waals surface area contributed by atoms with E-state index >= 15 is 0 Å². The lowest BCUT2D eigenvalue weighted by molar-refractivity contribution is 0.182. The molecule has 0 atom stereocenters. The fourth-order valence-corrected chi connectivity index (χ4v) is 2.67. The molecule has 1 aromatic heterocycles. The second-order valence-electron chi connectivity index (χ2n) is 6.00. The lowest BCUT2D eigenvalue weighted by atomic mass is 10.2. The first kappa shape index (κ1) is 15.7. The van der Waals surface area contributed by atoms with Crippen LogP contribution >= 0.6 is 0 Å². The number of nitrogens with one attached hydrogen (secondary N) is 1. The molecule has 0 fully saturated rings. The Balaban J connectivity index is 2.04. The zero-order valence-corrected chi connectivity index (χ0v) is 13.7. The van der Waals surface area contributed by atoms with Gasteiger partial charge in [-0.15, -0.1) is 0 Å². The second kappa shape index (κ2) is 6.85. The molecule has 114 valence electrons. The van der Waals surface area contributed by atoms with Crippen LogP contribution in [-0.2, 0) is 0 Å². The van der Waals surface area contributed by atoms with Crippen LogP contribution in [0.5, 0.6) is 0 Å². The summed E-state index contributed by atoms with van der Waals surface area (Å²) < 4.78 is 0. The summed E-state index contributed by atoms with van der Waals surface area (Å²) in [5.41, 5.74) is 2.84. The Kier molecular flexibility index (Phi) is 5.12. The van der Waals surface area contributed by atoms with Gasteiger partial charge >= 0.3 is 0 Å². The zero-order valence-electron chi connectivity index (χ0n) is 13.7. The van der Waals surface area contributed by atoms with Crippen molar-refractivity contribution in [2.24, 2.45) is 0 Å². The number of aryl methyl sites for hydroxylation is 1. The molecule has 0 aliphatic rings. The fourth-order valence-electron chi connectivity index (χ4n) is 2.67. The third kappa shape index (κ3) is 3.91. The molecule has 1 heterocycles. The van der Waals surface area contributed by atoms with E-state index in [1.807, 2.05) is 31.2 Å². The third-order valence-electron chi connectivity index (χ3n) is 3.73. The van der Waals surface area contributed by atoms with E-state index in [-0.39, 0.29) is 0 Å². The van der Waals surface area contributed by atoms with Crippen molar-refractivity contribution in [1.82, 2.24) is 14.9 Å². The number of para-hydroxylation sites is 2. The molecule has 1 aromatic carbocycles. The van der Waals surface area contributed by atoms with Crippen LogP contribution in [0.2, 0.25) is 0 Å². The van der Waals surface area contributed by atoms with Gasteiger partial charge in [0, 0.05) is 25.2 Å². The smallest absolute Gasteiger partial charge is 0.148 e. The van der Waals surface area contributed by atoms with Crippen LogP contribution in [0.15, 0.2) is 24.3 Å². The van der Waals surface area contributed by atoms with Gasteiger partial charge in [-0.2, -0.15) is 0 Å². The molecule has 0 aliphatic carbocycles. The molecular weight excluding hydrogens is 260 g/mol. The van der Waals surface area contributed by atoms with Crippen molar-refractivity contribution >= 4 is 16.9 Å². The van der Waals surface area contributed by atoms with Gasteiger partial charge in [0.2, 0.25) is 0 Å². The number of hydrogen-bond donors (Lipinski definition) is 1. The fraction of sp³-hybridized carbons (Fsp3) is 0.529. The summed E-state index contributed by atoms with van der Waals surface area (Å²) in [5.74, 6) is 0.890. The van der Waals surface area contributed by atoms with Crippen LogP contribution < -0.4 is 5.32 Å². The Hall–Kier alpha value is -1.68. The van der Waals surface area contributed by atoms with E-state index < -0.39 is 0 Å². The summed E-state index contributed by atoms with van der Waals surface area (Å²) in [6.45, 7) is 12.8. The Morgan fingerprint density at radius 2 is 1.57 bits per heavy atom. The van der Waals surface area contributed by atoms with E-state index in [2.05, 4.69) is 47.9 Å². The van der Waals surface area contributed by atoms with E-state index in [1.165, 1.54) is 0 Å². The second-order valence-corrected chi connectivity index (χ2v) is 6.00. The summed E-state index contributed by atoms with van der Waals surface area (Å²) in [6.07, 6.45) is 0. The van der Waals surface area contributed by atoms with Crippen molar-refractivity contribution in [3.8, 4) is 0 Å². The first-order chi connectivity index (χ1) is 9.99. The average Bonchev–Trinajstić information content (AvgIpc) is 2.43. The van der Waals surface area contributed by atoms with Gasteiger partial charge < -0.3 is 5.32 Å². The lowest BCUT2D eigenvalue weighted by Crippen LogP contribution is -2.40. The number of rotatable bonds is 6. The summed E-state index contributed by atoms with van der Waals surface area (Å²) in [4.78, 5) is 11.7. The number of hydrogen-bond acceptors (Lipinski definition) is 4. The molecule has 1 N–H and O–H groups in total. The zero-order chi connectivity index (χ0) is 15.4. The largest absolute Gasteiger partial charge is 0.367 e. The van der Waals surface area contributed by atoms with E-state index in [4.69, 9.17) is 0 Å². The van der Waals surface area contributed by atoms with Gasteiger partial charge in [-0.1, -0.05) is 12.1 Å². The van der Waals surface area contributed by atoms with Crippen LogP contribution in [-0.4, -0.2) is 40.0 Å². The quantitative estimate of drug-likeness (QED) is 0.883. The predicted octanol–water partition coefficient (Wildman–Crippen LogP) is 3.47. The lowest BCUT2D eigenvalue weighted by Gasteiger charge is -2.30. The molecule has 2 aromatic rings. The molecule has 0 bridgehead atoms. The SMILES string of the molecule is Cc1nc2ccccc2nc1NCCN(C(C)C)C(C)C. The van der Waals surface area contributed by atoms with E-state index in [0.717, 1.165) is 35.6 Å². The molecular formula is C17H26N4. The van der Waals surface area contributed by atoms with E-state index in [0.29, 0.717) is 12.1 Å². The molecule has 0 unspecified atom stereocenters. The Morgan fingerprint density at radius 3 is 2.14 bits per heavy atom. The van der Waals surface area contributed by atoms with Gasteiger partial charge in [0.15, 0.2) is 0 Å². The van der Waals surface area contributed by atoms with Crippen molar-refractivity contribution in [1.29, 1.82) is 0 Å². The third-order valence-corrected chi connectivity index (χ3v) is 3.73. The topological polar surface area (TPSA) is 41.1 Å². The number of fused-ring (bicyclic) bond motifs is 1. The van der Waals surface area contributed by atoms with E-state index in [9.17, 15) is 0 Å². The van der Waals surface area contributed by atoms with Gasteiger partial charge in [0.05, 0.1) is 16.7 Å². The van der Waals surface area contributed by atoms with Crippen LogP contribution in [0.25, 0.3) is 11.0 Å². The summed E-state index contributed by atoms with van der Waals surface area (Å²) >= 11 is 0. The van der Waals surface area contributed by atoms with Crippen LogP contribution in [0.1, 0.15) is 33.4 Å². The van der Waals surface area contributed by atoms with Crippen molar-refractivity contribution in [2.75, 3.05) is 18.4 Å². The molecule has 21 heavy (non-hydrogen) atoms.